The van der Waals surface area contributed by atoms with E-state index in [9.17, 15) is 32.0 Å². The van der Waals surface area contributed by atoms with Gasteiger partial charge in [-0.2, -0.15) is 17.8 Å². The van der Waals surface area contributed by atoms with E-state index in [4.69, 9.17) is 32.7 Å². The van der Waals surface area contributed by atoms with E-state index in [0.717, 1.165) is 41.3 Å². The monoisotopic (exact) mass is 732 g/mol. The summed E-state index contributed by atoms with van der Waals surface area (Å²) in [5, 5.41) is 10.5. The van der Waals surface area contributed by atoms with E-state index >= 15 is 0 Å². The lowest BCUT2D eigenvalue weighted by Crippen LogP contribution is -2.40. The van der Waals surface area contributed by atoms with Gasteiger partial charge in [0.1, 0.15) is 16.1 Å². The van der Waals surface area contributed by atoms with Crippen molar-refractivity contribution in [3.63, 3.8) is 0 Å². The first-order valence-corrected chi connectivity index (χ1v) is 17.4. The number of benzene rings is 2. The number of hydrogen-bond acceptors (Lipinski definition) is 10. The van der Waals surface area contributed by atoms with Crippen LogP contribution in [0, 0.1) is 11.1 Å². The first-order chi connectivity index (χ1) is 22.4. The van der Waals surface area contributed by atoms with Gasteiger partial charge in [0.25, 0.3) is 0 Å². The van der Waals surface area contributed by atoms with E-state index in [1.165, 1.54) is 49.6 Å². The topological polar surface area (TPSA) is 135 Å². The molecule has 2 heterocycles. The lowest BCUT2D eigenvalue weighted by Gasteiger charge is -2.26. The molecule has 0 bridgehead atoms. The molecule has 0 spiro atoms. The normalized spacial score (nSPS) is 17.4. The predicted molar refractivity (Wildman–Crippen MR) is 167 cm³/mol. The summed E-state index contributed by atoms with van der Waals surface area (Å²) in [7, 11) is -3.02. The van der Waals surface area contributed by atoms with Crippen LogP contribution < -0.4 is 14.2 Å². The molecule has 1 aliphatic carbocycles. The van der Waals surface area contributed by atoms with Crippen LogP contribution in [0.4, 0.5) is 8.78 Å². The van der Waals surface area contributed by atoms with Gasteiger partial charge in [-0.25, -0.2) is 18.0 Å². The molecule has 17 heteroatoms. The second-order valence-corrected chi connectivity index (χ2v) is 14.5. The number of hydrogen-bond donors (Lipinski definition) is 0. The van der Waals surface area contributed by atoms with Gasteiger partial charge in [0.05, 0.1) is 24.2 Å². The Bertz CT molecular complexity index is 1720. The number of sulfonamides is 1. The molecule has 11 nitrogen and oxygen atoms in total. The third-order valence-corrected chi connectivity index (χ3v) is 11.2. The minimum atomic E-state index is -4.22. The molecule has 1 aliphatic heterocycles. The Balaban J connectivity index is 1.45. The number of halogens is 4. The van der Waals surface area contributed by atoms with Crippen molar-refractivity contribution in [3.05, 3.63) is 86.8 Å². The number of alkyl halides is 2. The first kappa shape index (κ1) is 35.0. The average Bonchev–Trinajstić information content (AvgIpc) is 3.72. The highest BCUT2D eigenvalue weighted by Crippen LogP contribution is 2.39. The fraction of sp³-hybridized carbons (Fsp3) is 0.367. The largest absolute Gasteiger partial charge is 0.619 e. The summed E-state index contributed by atoms with van der Waals surface area (Å²) >= 11 is 13.7. The summed E-state index contributed by atoms with van der Waals surface area (Å²) in [6.45, 7) is -2.86. The van der Waals surface area contributed by atoms with Gasteiger partial charge in [0.15, 0.2) is 29.3 Å². The van der Waals surface area contributed by atoms with Crippen molar-refractivity contribution in [2.75, 3.05) is 26.0 Å². The van der Waals surface area contributed by atoms with Crippen LogP contribution in [0.25, 0.3) is 0 Å². The minimum absolute atomic E-state index is 0.00511. The zero-order valence-corrected chi connectivity index (χ0v) is 27.8. The van der Waals surface area contributed by atoms with Crippen LogP contribution in [-0.4, -0.2) is 62.7 Å². The number of esters is 2. The van der Waals surface area contributed by atoms with Crippen molar-refractivity contribution >= 4 is 56.9 Å². The Morgan fingerprint density at radius 1 is 1.09 bits per heavy atom. The van der Waals surface area contributed by atoms with Gasteiger partial charge < -0.3 is 24.2 Å². The molecule has 2 fully saturated rings. The Morgan fingerprint density at radius 2 is 1.77 bits per heavy atom. The lowest BCUT2D eigenvalue weighted by molar-refractivity contribution is -0.605. The van der Waals surface area contributed by atoms with Crippen LogP contribution in [0.15, 0.2) is 59.8 Å². The van der Waals surface area contributed by atoms with Gasteiger partial charge in [0, 0.05) is 24.3 Å². The first-order valence-electron chi connectivity index (χ1n) is 14.2. The van der Waals surface area contributed by atoms with Crippen molar-refractivity contribution < 1.29 is 50.5 Å². The van der Waals surface area contributed by atoms with Crippen molar-refractivity contribution in [1.29, 1.82) is 0 Å². The highest BCUT2D eigenvalue weighted by atomic mass is 35.5. The summed E-state index contributed by atoms with van der Waals surface area (Å²) in [5.41, 5.74) is 0.681. The van der Waals surface area contributed by atoms with E-state index in [2.05, 4.69) is 9.47 Å². The van der Waals surface area contributed by atoms with Gasteiger partial charge in [0.2, 0.25) is 10.0 Å². The molecule has 0 amide bonds. The second kappa shape index (κ2) is 14.8. The average molecular weight is 734 g/mol. The smallest absolute Gasteiger partial charge is 0.387 e. The molecule has 2 aromatic carbocycles. The number of carbonyl (C=O) groups excluding carboxylic acids is 2. The molecular formula is C30H28Cl2F2N2O9S2. The molecular weight excluding hydrogens is 705 g/mol. The SMILES string of the molecule is COC(=O)c1ccc(S(=O)(=O)N2CCS[C@H]2C(=O)O[C@@H](Cc2c(Cl)c[n+]([O-])cc2Cl)c2ccc(OC(F)F)c(OCC3CC3)c2)cc1. The highest BCUT2D eigenvalue weighted by molar-refractivity contribution is 8.02. The van der Waals surface area contributed by atoms with E-state index in [0.29, 0.717) is 4.73 Å². The number of methoxy groups -OCH3 is 1. The molecule has 47 heavy (non-hydrogen) atoms. The molecule has 2 atom stereocenters. The van der Waals surface area contributed by atoms with Gasteiger partial charge in [-0.05, 0) is 60.7 Å². The van der Waals surface area contributed by atoms with E-state index in [-0.39, 0.29) is 74.4 Å². The number of ether oxygens (including phenoxy) is 4. The number of aromatic nitrogens is 1. The summed E-state index contributed by atoms with van der Waals surface area (Å²) in [4.78, 5) is 25.4. The number of rotatable bonds is 13. The van der Waals surface area contributed by atoms with Gasteiger partial charge in [-0.1, -0.05) is 29.3 Å². The molecule has 1 aromatic heterocycles. The fourth-order valence-electron chi connectivity index (χ4n) is 4.76. The van der Waals surface area contributed by atoms with Gasteiger partial charge in [-0.15, -0.1) is 11.8 Å². The lowest BCUT2D eigenvalue weighted by atomic mass is 10.0. The third kappa shape index (κ3) is 8.38. The maximum absolute atomic E-state index is 13.7. The highest BCUT2D eigenvalue weighted by Gasteiger charge is 2.42. The molecule has 0 unspecified atom stereocenters. The maximum Gasteiger partial charge on any atom is 0.387 e. The number of thioether (sulfide) groups is 1. The van der Waals surface area contributed by atoms with Gasteiger partial charge >= 0.3 is 18.6 Å². The summed E-state index contributed by atoms with van der Waals surface area (Å²) in [5.74, 6) is -1.23. The third-order valence-electron chi connectivity index (χ3n) is 7.37. The van der Waals surface area contributed by atoms with Crippen LogP contribution in [0.1, 0.15) is 40.4 Å². The zero-order valence-electron chi connectivity index (χ0n) is 24.6. The molecule has 5 rings (SSSR count). The summed E-state index contributed by atoms with van der Waals surface area (Å²) in [6.07, 6.45) is 2.65. The van der Waals surface area contributed by atoms with Crippen molar-refractivity contribution in [1.82, 2.24) is 4.31 Å². The van der Waals surface area contributed by atoms with Crippen molar-refractivity contribution in [3.8, 4) is 11.5 Å². The van der Waals surface area contributed by atoms with Crippen LogP contribution in [0.5, 0.6) is 11.5 Å². The number of carbonyl (C=O) groups is 2. The van der Waals surface area contributed by atoms with Crippen molar-refractivity contribution in [2.24, 2.45) is 5.92 Å². The second-order valence-electron chi connectivity index (χ2n) is 10.6. The standard InChI is InChI=1S/C30H28Cl2F2N2O9S2/c1-42-28(37)18-4-7-20(8-5-18)47(40,41)36-10-11-46-27(36)29(38)44-25(13-21-22(31)14-35(39)15-23(21)32)19-6-9-24(45-30(33)34)26(12-19)43-16-17-2-3-17/h4-9,12,14-15,17,25,27,30H,2-3,10-11,13,16H2,1H3/t25-,27-/m0/s1. The van der Waals surface area contributed by atoms with Gasteiger partial charge in [-0.3, -0.25) is 0 Å². The Hall–Kier alpha value is -3.37. The number of nitrogens with zero attached hydrogens (tertiary/aromatic N) is 2. The predicted octanol–water partition coefficient (Wildman–Crippen LogP) is 5.39. The molecule has 0 N–H and O–H groups in total. The molecule has 2 aliphatic rings. The van der Waals surface area contributed by atoms with E-state index in [1.807, 2.05) is 0 Å². The Morgan fingerprint density at radius 3 is 2.38 bits per heavy atom. The van der Waals surface area contributed by atoms with E-state index < -0.39 is 40.1 Å². The zero-order chi connectivity index (χ0) is 33.9. The summed E-state index contributed by atoms with van der Waals surface area (Å²) in [6, 6.07) is 9.13. The fourth-order valence-corrected chi connectivity index (χ4v) is 8.41. The number of pyridine rings is 1. The quantitative estimate of drug-likeness (QED) is 0.128. The Kier molecular flexibility index (Phi) is 11.0. The molecule has 1 saturated carbocycles. The van der Waals surface area contributed by atoms with Crippen LogP contribution >= 0.6 is 35.0 Å². The molecule has 252 valence electrons. The molecule has 3 aromatic rings. The van der Waals surface area contributed by atoms with Crippen molar-refractivity contribution in [2.45, 2.75) is 42.2 Å². The molecule has 0 radical (unpaired) electrons. The maximum atomic E-state index is 13.7. The van der Waals surface area contributed by atoms with Crippen LogP contribution in [-0.2, 0) is 30.7 Å². The minimum Gasteiger partial charge on any atom is -0.619 e. The van der Waals surface area contributed by atoms with Crippen LogP contribution in [0.3, 0.4) is 0 Å². The van der Waals surface area contributed by atoms with E-state index in [1.54, 1.807) is 0 Å². The van der Waals surface area contributed by atoms with Crippen LogP contribution in [0.2, 0.25) is 10.0 Å². The Labute approximate surface area is 283 Å². The summed E-state index contributed by atoms with van der Waals surface area (Å²) < 4.78 is 76.0. The molecule has 1 saturated heterocycles.